The normalized spacial score (nSPS) is 12.2. The standard InChI is InChI=1S/C11H13Cl2NO2/c1-2-3-10(16-11(14)15)8-5-4-7(12)6-9(8)13/h4-6,10H,2-3H2,1H3,(H2,14,15). The highest BCUT2D eigenvalue weighted by Gasteiger charge is 2.17. The number of amides is 1. The first kappa shape index (κ1) is 13.1. The van der Waals surface area contributed by atoms with Crippen LogP contribution in [0.3, 0.4) is 0 Å². The van der Waals surface area contributed by atoms with Crippen molar-refractivity contribution in [1.82, 2.24) is 0 Å². The van der Waals surface area contributed by atoms with Gasteiger partial charge < -0.3 is 10.5 Å². The zero-order chi connectivity index (χ0) is 12.1. The topological polar surface area (TPSA) is 52.3 Å². The number of halogens is 2. The molecule has 0 radical (unpaired) electrons. The summed E-state index contributed by atoms with van der Waals surface area (Å²) >= 11 is 11.8. The second-order valence-electron chi connectivity index (χ2n) is 3.38. The number of carbonyl (C=O) groups excluding carboxylic acids is 1. The summed E-state index contributed by atoms with van der Waals surface area (Å²) in [5.41, 5.74) is 5.74. The van der Waals surface area contributed by atoms with Crippen LogP contribution in [0.15, 0.2) is 18.2 Å². The first-order chi connectivity index (χ1) is 7.54. The fraction of sp³-hybridized carbons (Fsp3) is 0.364. The van der Waals surface area contributed by atoms with Crippen molar-refractivity contribution in [2.45, 2.75) is 25.9 Å². The van der Waals surface area contributed by atoms with Gasteiger partial charge >= 0.3 is 6.09 Å². The Morgan fingerprint density at radius 1 is 1.50 bits per heavy atom. The van der Waals surface area contributed by atoms with Crippen molar-refractivity contribution in [3.8, 4) is 0 Å². The van der Waals surface area contributed by atoms with Gasteiger partial charge in [-0.15, -0.1) is 0 Å². The van der Waals surface area contributed by atoms with Gasteiger partial charge in [-0.05, 0) is 18.6 Å². The summed E-state index contributed by atoms with van der Waals surface area (Å²) in [6.07, 6.45) is 0.318. The van der Waals surface area contributed by atoms with Crippen LogP contribution in [0.1, 0.15) is 31.4 Å². The summed E-state index contributed by atoms with van der Waals surface area (Å²) < 4.78 is 5.01. The van der Waals surface area contributed by atoms with Crippen molar-refractivity contribution in [3.05, 3.63) is 33.8 Å². The molecular formula is C11H13Cl2NO2. The van der Waals surface area contributed by atoms with Gasteiger partial charge in [-0.2, -0.15) is 0 Å². The molecule has 1 unspecified atom stereocenters. The lowest BCUT2D eigenvalue weighted by Gasteiger charge is -2.17. The van der Waals surface area contributed by atoms with Crippen LogP contribution in [0.5, 0.6) is 0 Å². The second kappa shape index (κ2) is 5.97. The molecule has 88 valence electrons. The van der Waals surface area contributed by atoms with Gasteiger partial charge in [0.25, 0.3) is 0 Å². The molecule has 1 amide bonds. The van der Waals surface area contributed by atoms with Crippen LogP contribution in [0, 0.1) is 0 Å². The number of carbonyl (C=O) groups is 1. The Morgan fingerprint density at radius 3 is 2.69 bits per heavy atom. The van der Waals surface area contributed by atoms with Crippen molar-refractivity contribution in [1.29, 1.82) is 0 Å². The Hall–Kier alpha value is -0.930. The number of hydrogen-bond acceptors (Lipinski definition) is 2. The minimum Gasteiger partial charge on any atom is -0.441 e. The fourth-order valence-electron chi connectivity index (χ4n) is 1.44. The number of hydrogen-bond donors (Lipinski definition) is 1. The van der Waals surface area contributed by atoms with Crippen molar-refractivity contribution >= 4 is 29.3 Å². The van der Waals surface area contributed by atoms with Crippen LogP contribution >= 0.6 is 23.2 Å². The van der Waals surface area contributed by atoms with E-state index in [0.717, 1.165) is 12.0 Å². The number of benzene rings is 1. The molecule has 0 aromatic heterocycles. The largest absolute Gasteiger partial charge is 0.441 e. The molecule has 1 atom stereocenters. The maximum Gasteiger partial charge on any atom is 0.405 e. The Bertz CT molecular complexity index is 382. The molecule has 3 nitrogen and oxygen atoms in total. The van der Waals surface area contributed by atoms with Crippen molar-refractivity contribution < 1.29 is 9.53 Å². The van der Waals surface area contributed by atoms with Crippen LogP contribution < -0.4 is 5.73 Å². The predicted octanol–water partition coefficient (Wildman–Crippen LogP) is 3.93. The van der Waals surface area contributed by atoms with Crippen LogP contribution in [-0.2, 0) is 4.74 Å². The van der Waals surface area contributed by atoms with Gasteiger partial charge in [0, 0.05) is 15.6 Å². The van der Waals surface area contributed by atoms with Gasteiger partial charge in [-0.1, -0.05) is 42.6 Å². The molecular weight excluding hydrogens is 249 g/mol. The number of nitrogens with two attached hydrogens (primary N) is 1. The molecule has 1 aromatic rings. The number of ether oxygens (including phenoxy) is 1. The van der Waals surface area contributed by atoms with Crippen LogP contribution in [0.2, 0.25) is 10.0 Å². The molecule has 0 saturated heterocycles. The SMILES string of the molecule is CCCC(OC(N)=O)c1ccc(Cl)cc1Cl. The van der Waals surface area contributed by atoms with E-state index >= 15 is 0 Å². The maximum absolute atomic E-state index is 10.8. The third kappa shape index (κ3) is 3.58. The molecule has 5 heteroatoms. The van der Waals surface area contributed by atoms with E-state index in [-0.39, 0.29) is 0 Å². The molecule has 0 aliphatic rings. The maximum atomic E-state index is 10.8. The summed E-state index contributed by atoms with van der Waals surface area (Å²) in [4.78, 5) is 10.8. The number of primary amides is 1. The highest BCUT2D eigenvalue weighted by atomic mass is 35.5. The second-order valence-corrected chi connectivity index (χ2v) is 4.22. The van der Waals surface area contributed by atoms with E-state index in [9.17, 15) is 4.79 Å². The molecule has 16 heavy (non-hydrogen) atoms. The van der Waals surface area contributed by atoms with Crippen LogP contribution in [0.4, 0.5) is 4.79 Å². The molecule has 0 spiro atoms. The van der Waals surface area contributed by atoms with E-state index in [1.165, 1.54) is 0 Å². The quantitative estimate of drug-likeness (QED) is 0.893. The van der Waals surface area contributed by atoms with Gasteiger partial charge in [-0.3, -0.25) is 0 Å². The average molecular weight is 262 g/mol. The smallest absolute Gasteiger partial charge is 0.405 e. The van der Waals surface area contributed by atoms with Crippen molar-refractivity contribution in [2.24, 2.45) is 5.73 Å². The Morgan fingerprint density at radius 2 is 2.19 bits per heavy atom. The molecule has 0 aliphatic carbocycles. The zero-order valence-corrected chi connectivity index (χ0v) is 10.4. The first-order valence-electron chi connectivity index (χ1n) is 4.95. The van der Waals surface area contributed by atoms with E-state index in [2.05, 4.69) is 0 Å². The van der Waals surface area contributed by atoms with E-state index in [0.29, 0.717) is 16.5 Å². The molecule has 0 fully saturated rings. The monoisotopic (exact) mass is 261 g/mol. The Labute approximate surface area is 104 Å². The van der Waals surface area contributed by atoms with Gasteiger partial charge in [0.1, 0.15) is 6.10 Å². The molecule has 1 rings (SSSR count). The summed E-state index contributed by atoms with van der Waals surface area (Å²) in [5.74, 6) is 0. The lowest BCUT2D eigenvalue weighted by atomic mass is 10.1. The molecule has 1 aromatic carbocycles. The minimum absolute atomic E-state index is 0.410. The van der Waals surface area contributed by atoms with Gasteiger partial charge in [-0.25, -0.2) is 4.79 Å². The van der Waals surface area contributed by atoms with E-state index < -0.39 is 12.2 Å². The van der Waals surface area contributed by atoms with E-state index in [1.54, 1.807) is 18.2 Å². The molecule has 0 heterocycles. The summed E-state index contributed by atoms with van der Waals surface area (Å²) in [7, 11) is 0. The minimum atomic E-state index is -0.801. The lowest BCUT2D eigenvalue weighted by Crippen LogP contribution is -2.17. The predicted molar refractivity (Wildman–Crippen MR) is 64.8 cm³/mol. The van der Waals surface area contributed by atoms with Crippen LogP contribution in [0.25, 0.3) is 0 Å². The van der Waals surface area contributed by atoms with Gasteiger partial charge in [0.2, 0.25) is 0 Å². The Kier molecular flexibility index (Phi) is 4.90. The average Bonchev–Trinajstić information content (AvgIpc) is 2.16. The lowest BCUT2D eigenvalue weighted by molar-refractivity contribution is 0.101. The summed E-state index contributed by atoms with van der Waals surface area (Å²) in [6, 6.07) is 5.06. The molecule has 0 saturated carbocycles. The fourth-order valence-corrected chi connectivity index (χ4v) is 1.97. The van der Waals surface area contributed by atoms with Gasteiger partial charge in [0.05, 0.1) is 0 Å². The number of rotatable bonds is 4. The van der Waals surface area contributed by atoms with Crippen LogP contribution in [-0.4, -0.2) is 6.09 Å². The third-order valence-electron chi connectivity index (χ3n) is 2.12. The molecule has 0 aliphatic heterocycles. The zero-order valence-electron chi connectivity index (χ0n) is 8.87. The first-order valence-corrected chi connectivity index (χ1v) is 5.71. The summed E-state index contributed by atoms with van der Waals surface area (Å²) in [5, 5.41) is 1.02. The molecule has 2 N–H and O–H groups in total. The highest BCUT2D eigenvalue weighted by Crippen LogP contribution is 2.31. The highest BCUT2D eigenvalue weighted by molar-refractivity contribution is 6.35. The van der Waals surface area contributed by atoms with Crippen molar-refractivity contribution in [3.63, 3.8) is 0 Å². The van der Waals surface area contributed by atoms with E-state index in [1.807, 2.05) is 6.92 Å². The third-order valence-corrected chi connectivity index (χ3v) is 2.68. The van der Waals surface area contributed by atoms with Crippen molar-refractivity contribution in [2.75, 3.05) is 0 Å². The van der Waals surface area contributed by atoms with Gasteiger partial charge in [0.15, 0.2) is 0 Å². The Balaban J connectivity index is 2.95. The van der Waals surface area contributed by atoms with E-state index in [4.69, 9.17) is 33.7 Å². The summed E-state index contributed by atoms with van der Waals surface area (Å²) in [6.45, 7) is 1.99. The molecule has 0 bridgehead atoms.